The number of aromatic nitrogens is 2. The summed E-state index contributed by atoms with van der Waals surface area (Å²) in [6.45, 7) is 5.88. The lowest BCUT2D eigenvalue weighted by Gasteiger charge is -2.36. The van der Waals surface area contributed by atoms with E-state index in [1.54, 1.807) is 27.7 Å². The van der Waals surface area contributed by atoms with Gasteiger partial charge in [-0.25, -0.2) is 13.8 Å². The normalized spacial score (nSPS) is 30.7. The number of alkyl halides is 1. The van der Waals surface area contributed by atoms with Crippen molar-refractivity contribution in [3.8, 4) is 0 Å². The third kappa shape index (κ3) is 5.32. The van der Waals surface area contributed by atoms with E-state index in [-0.39, 0.29) is 12.7 Å². The van der Waals surface area contributed by atoms with E-state index in [0.717, 1.165) is 0 Å². The first-order valence-corrected chi connectivity index (χ1v) is 11.3. The highest BCUT2D eigenvalue weighted by atomic mass is 31.2. The van der Waals surface area contributed by atoms with Crippen LogP contribution >= 0.6 is 7.82 Å². The van der Waals surface area contributed by atoms with Gasteiger partial charge in [0.1, 0.15) is 24.6 Å². The molecule has 174 valence electrons. The molecule has 1 N–H and O–H groups in total. The minimum atomic E-state index is -4.14. The van der Waals surface area contributed by atoms with Crippen molar-refractivity contribution in [2.24, 2.45) is 5.41 Å². The van der Waals surface area contributed by atoms with Gasteiger partial charge in [-0.3, -0.25) is 32.7 Å². The highest BCUT2D eigenvalue weighted by Gasteiger charge is 2.58. The Balaban J connectivity index is 1.66. The van der Waals surface area contributed by atoms with E-state index < -0.39 is 68.1 Å². The van der Waals surface area contributed by atoms with Crippen molar-refractivity contribution >= 4 is 13.8 Å². The van der Waals surface area contributed by atoms with Crippen LogP contribution in [-0.2, 0) is 32.4 Å². The molecule has 2 fully saturated rings. The van der Waals surface area contributed by atoms with Crippen LogP contribution in [0.3, 0.4) is 0 Å². The van der Waals surface area contributed by atoms with Crippen molar-refractivity contribution in [1.29, 1.82) is 0 Å². The molecule has 31 heavy (non-hydrogen) atoms. The molecule has 13 heteroatoms. The Labute approximate surface area is 177 Å². The summed E-state index contributed by atoms with van der Waals surface area (Å²) in [7, 11) is -4.14. The van der Waals surface area contributed by atoms with Crippen LogP contribution in [0.25, 0.3) is 0 Å². The SMILES string of the molecule is CC(C)OC(=O)C[C@@H](F)CO[P@@]1(=O)OC[C@H]2O[C@@H](n3ccc(=O)[nH]c3=O)C(C)(C)[C@@H]2O1. The van der Waals surface area contributed by atoms with Crippen LogP contribution in [0, 0.1) is 5.41 Å². The van der Waals surface area contributed by atoms with Crippen LogP contribution in [0.15, 0.2) is 21.9 Å². The minimum Gasteiger partial charge on any atom is -0.463 e. The number of nitrogens with zero attached hydrogens (tertiary/aromatic N) is 1. The molecule has 0 amide bonds. The fourth-order valence-corrected chi connectivity index (χ4v) is 5.08. The van der Waals surface area contributed by atoms with Gasteiger partial charge in [-0.05, 0) is 13.8 Å². The summed E-state index contributed by atoms with van der Waals surface area (Å²) in [5.41, 5.74) is -2.10. The molecule has 1 aromatic rings. The van der Waals surface area contributed by atoms with Gasteiger partial charge in [-0.15, -0.1) is 0 Å². The van der Waals surface area contributed by atoms with Gasteiger partial charge < -0.3 is 9.47 Å². The molecule has 11 nitrogen and oxygen atoms in total. The number of carbonyl (C=O) groups is 1. The standard InChI is InChI=1S/C18H26FN2O9P/c1-10(2)28-14(23)7-11(19)8-26-31(25)27-9-12-15(30-31)18(3,4)16(29-12)21-6-5-13(22)20-17(21)24/h5-6,10-12,15-16H,7-9H2,1-4H3,(H,20,22,24)/t11-,12-,15-,16-,31+/m1/s1. The molecule has 3 rings (SSSR count). The highest BCUT2D eigenvalue weighted by Crippen LogP contribution is 2.60. The lowest BCUT2D eigenvalue weighted by molar-refractivity contribution is -0.149. The maximum absolute atomic E-state index is 14.1. The Morgan fingerprint density at radius 1 is 1.42 bits per heavy atom. The van der Waals surface area contributed by atoms with E-state index in [2.05, 4.69) is 4.98 Å². The molecule has 0 radical (unpaired) electrons. The van der Waals surface area contributed by atoms with Crippen molar-refractivity contribution in [2.45, 2.75) is 64.8 Å². The molecule has 0 aliphatic carbocycles. The molecule has 5 atom stereocenters. The van der Waals surface area contributed by atoms with Gasteiger partial charge >= 0.3 is 19.5 Å². The molecule has 0 aromatic carbocycles. The van der Waals surface area contributed by atoms with E-state index in [9.17, 15) is 23.3 Å². The third-order valence-corrected chi connectivity index (χ3v) is 6.34. The Morgan fingerprint density at radius 3 is 2.77 bits per heavy atom. The molecule has 0 spiro atoms. The molecule has 0 unspecified atom stereocenters. The largest absolute Gasteiger partial charge is 0.475 e. The molecule has 2 aliphatic heterocycles. The zero-order chi connectivity index (χ0) is 23.0. The van der Waals surface area contributed by atoms with Crippen molar-refractivity contribution < 1.29 is 36.8 Å². The van der Waals surface area contributed by atoms with Crippen LogP contribution < -0.4 is 11.2 Å². The number of ether oxygens (including phenoxy) is 2. The average Bonchev–Trinajstić information content (AvgIpc) is 2.90. The van der Waals surface area contributed by atoms with Crippen molar-refractivity contribution in [3.63, 3.8) is 0 Å². The summed E-state index contributed by atoms with van der Waals surface area (Å²) in [6, 6.07) is 1.18. The second kappa shape index (κ2) is 8.95. The maximum atomic E-state index is 14.1. The summed E-state index contributed by atoms with van der Waals surface area (Å²) in [4.78, 5) is 37.2. The van der Waals surface area contributed by atoms with E-state index in [1.807, 2.05) is 0 Å². The summed E-state index contributed by atoms with van der Waals surface area (Å²) in [5, 5.41) is 0. The lowest BCUT2D eigenvalue weighted by atomic mass is 9.84. The highest BCUT2D eigenvalue weighted by molar-refractivity contribution is 7.48. The van der Waals surface area contributed by atoms with Gasteiger partial charge in [-0.2, -0.15) is 0 Å². The minimum absolute atomic E-state index is 0.174. The van der Waals surface area contributed by atoms with Crippen molar-refractivity contribution in [1.82, 2.24) is 9.55 Å². The van der Waals surface area contributed by atoms with E-state index in [0.29, 0.717) is 0 Å². The molecule has 2 saturated heterocycles. The Morgan fingerprint density at radius 2 is 2.13 bits per heavy atom. The third-order valence-electron chi connectivity index (χ3n) is 4.92. The molecule has 3 heterocycles. The van der Waals surface area contributed by atoms with Crippen LogP contribution in [0.5, 0.6) is 0 Å². The number of carbonyl (C=O) groups excluding carboxylic acids is 1. The smallest absolute Gasteiger partial charge is 0.463 e. The fraction of sp³-hybridized carbons (Fsp3) is 0.722. The van der Waals surface area contributed by atoms with E-state index >= 15 is 0 Å². The summed E-state index contributed by atoms with van der Waals surface area (Å²) in [6.07, 6.45) is -3.73. The van der Waals surface area contributed by atoms with Crippen molar-refractivity contribution in [3.05, 3.63) is 33.1 Å². The Hall–Kier alpha value is -1.85. The number of hydrogen-bond acceptors (Lipinski definition) is 9. The number of phosphoric ester groups is 1. The number of H-pyrrole nitrogens is 1. The maximum Gasteiger partial charge on any atom is 0.475 e. The molecule has 0 saturated carbocycles. The lowest BCUT2D eigenvalue weighted by Crippen LogP contribution is -2.42. The predicted octanol–water partition coefficient (Wildman–Crippen LogP) is 1.68. The Bertz CT molecular complexity index is 975. The first-order valence-electron chi connectivity index (χ1n) is 9.79. The van der Waals surface area contributed by atoms with E-state index in [4.69, 9.17) is 23.0 Å². The van der Waals surface area contributed by atoms with Gasteiger partial charge in [0.15, 0.2) is 0 Å². The van der Waals surface area contributed by atoms with Gasteiger partial charge in [-0.1, -0.05) is 13.8 Å². The molecular formula is C18H26FN2O9P. The number of esters is 1. The second-order valence-corrected chi connectivity index (χ2v) is 9.89. The fourth-order valence-electron chi connectivity index (χ4n) is 3.52. The predicted molar refractivity (Wildman–Crippen MR) is 104 cm³/mol. The van der Waals surface area contributed by atoms with Crippen LogP contribution in [0.2, 0.25) is 0 Å². The van der Waals surface area contributed by atoms with Gasteiger partial charge in [0, 0.05) is 17.7 Å². The van der Waals surface area contributed by atoms with Crippen LogP contribution in [-0.4, -0.2) is 53.2 Å². The van der Waals surface area contributed by atoms with Gasteiger partial charge in [0.05, 0.1) is 25.7 Å². The first-order chi connectivity index (χ1) is 14.4. The van der Waals surface area contributed by atoms with Crippen molar-refractivity contribution in [2.75, 3.05) is 13.2 Å². The van der Waals surface area contributed by atoms with Gasteiger partial charge in [0.2, 0.25) is 0 Å². The van der Waals surface area contributed by atoms with Gasteiger partial charge in [0.25, 0.3) is 5.56 Å². The number of halogens is 1. The number of nitrogens with one attached hydrogen (secondary N) is 1. The summed E-state index contributed by atoms with van der Waals surface area (Å²) in [5.74, 6) is -0.741. The average molecular weight is 464 g/mol. The number of hydrogen-bond donors (Lipinski definition) is 1. The monoisotopic (exact) mass is 464 g/mol. The number of fused-ring (bicyclic) bond motifs is 1. The molecular weight excluding hydrogens is 438 g/mol. The summed E-state index contributed by atoms with van der Waals surface area (Å²) < 4.78 is 54.7. The van der Waals surface area contributed by atoms with E-state index in [1.165, 1.54) is 16.8 Å². The number of rotatable bonds is 7. The molecule has 1 aromatic heterocycles. The first kappa shape index (κ1) is 23.8. The zero-order valence-corrected chi connectivity index (χ0v) is 18.5. The molecule has 2 aliphatic rings. The molecule has 0 bridgehead atoms. The number of phosphoric acid groups is 1. The quantitative estimate of drug-likeness (QED) is 0.472. The second-order valence-electron chi connectivity index (χ2n) is 8.27. The van der Waals surface area contributed by atoms with Crippen LogP contribution in [0.1, 0.15) is 40.3 Å². The zero-order valence-electron chi connectivity index (χ0n) is 17.6. The Kier molecular flexibility index (Phi) is 6.87. The topological polar surface area (TPSA) is 135 Å². The van der Waals surface area contributed by atoms with Crippen LogP contribution in [0.4, 0.5) is 4.39 Å². The summed E-state index contributed by atoms with van der Waals surface area (Å²) >= 11 is 0. The number of aromatic amines is 1.